The molecule has 0 saturated heterocycles. The van der Waals surface area contributed by atoms with Gasteiger partial charge in [-0.15, -0.1) is 11.8 Å². The number of carboxylic acids is 1. The number of hydrogen-bond acceptors (Lipinski definition) is 2. The number of rotatable bonds is 14. The van der Waals surface area contributed by atoms with Crippen molar-refractivity contribution in [1.29, 1.82) is 0 Å². The van der Waals surface area contributed by atoms with Gasteiger partial charge in [0, 0.05) is 11.3 Å². The van der Waals surface area contributed by atoms with Gasteiger partial charge in [0.15, 0.2) is 0 Å². The predicted octanol–water partition coefficient (Wildman–Crippen LogP) is 6.15. The van der Waals surface area contributed by atoms with Gasteiger partial charge in [0.2, 0.25) is 0 Å². The highest BCUT2D eigenvalue weighted by molar-refractivity contribution is 7.99. The van der Waals surface area contributed by atoms with Crippen LogP contribution >= 0.6 is 11.8 Å². The molecule has 0 bridgehead atoms. The van der Waals surface area contributed by atoms with Crippen LogP contribution in [0.4, 0.5) is 0 Å². The van der Waals surface area contributed by atoms with Crippen LogP contribution in [0.25, 0.3) is 0 Å². The van der Waals surface area contributed by atoms with Gasteiger partial charge in [0.25, 0.3) is 0 Å². The molecule has 0 aliphatic carbocycles. The van der Waals surface area contributed by atoms with Gasteiger partial charge in [-0.25, -0.2) is 0 Å². The van der Waals surface area contributed by atoms with Crippen molar-refractivity contribution in [3.63, 3.8) is 0 Å². The van der Waals surface area contributed by atoms with Gasteiger partial charge in [-0.1, -0.05) is 69.6 Å². The summed E-state index contributed by atoms with van der Waals surface area (Å²) in [6.07, 6.45) is 12.7. The SMILES string of the molecule is O=C(O)CCCCCCCCCCCCSc1ccccc1. The summed E-state index contributed by atoms with van der Waals surface area (Å²) in [6.45, 7) is 0. The molecule has 0 aromatic heterocycles. The average Bonchev–Trinajstić information content (AvgIpc) is 2.52. The van der Waals surface area contributed by atoms with Crippen molar-refractivity contribution in [1.82, 2.24) is 0 Å². The largest absolute Gasteiger partial charge is 0.481 e. The van der Waals surface area contributed by atoms with Crippen LogP contribution in [0.1, 0.15) is 70.6 Å². The van der Waals surface area contributed by atoms with E-state index in [4.69, 9.17) is 5.11 Å². The standard InChI is InChI=1S/C19H30O2S/c20-19(21)16-12-7-5-3-1-2-4-6-8-13-17-22-18-14-10-9-11-15-18/h9-11,14-15H,1-8,12-13,16-17H2,(H,20,21). The zero-order valence-electron chi connectivity index (χ0n) is 13.6. The fourth-order valence-electron chi connectivity index (χ4n) is 2.50. The van der Waals surface area contributed by atoms with Crippen LogP contribution in [-0.2, 0) is 4.79 Å². The lowest BCUT2D eigenvalue weighted by Crippen LogP contribution is -1.93. The summed E-state index contributed by atoms with van der Waals surface area (Å²) in [4.78, 5) is 11.7. The smallest absolute Gasteiger partial charge is 0.303 e. The van der Waals surface area contributed by atoms with Crippen LogP contribution in [0.15, 0.2) is 35.2 Å². The summed E-state index contributed by atoms with van der Waals surface area (Å²) in [5.41, 5.74) is 0. The molecule has 0 amide bonds. The lowest BCUT2D eigenvalue weighted by molar-refractivity contribution is -0.137. The Morgan fingerprint density at radius 3 is 1.82 bits per heavy atom. The molecule has 2 nitrogen and oxygen atoms in total. The first-order valence-corrected chi connectivity index (χ1v) is 9.67. The number of unbranched alkanes of at least 4 members (excludes halogenated alkanes) is 9. The first kappa shape index (κ1) is 19.1. The highest BCUT2D eigenvalue weighted by Gasteiger charge is 1.97. The van der Waals surface area contributed by atoms with Crippen LogP contribution in [0.3, 0.4) is 0 Å². The lowest BCUT2D eigenvalue weighted by Gasteiger charge is -2.03. The third-order valence-electron chi connectivity index (χ3n) is 3.80. The zero-order chi connectivity index (χ0) is 15.9. The van der Waals surface area contributed by atoms with Gasteiger partial charge >= 0.3 is 5.97 Å². The molecule has 0 saturated carbocycles. The fourth-order valence-corrected chi connectivity index (χ4v) is 3.43. The second-order valence-corrected chi connectivity index (χ2v) is 7.01. The van der Waals surface area contributed by atoms with Gasteiger partial charge in [-0.2, -0.15) is 0 Å². The Morgan fingerprint density at radius 1 is 0.773 bits per heavy atom. The van der Waals surface area contributed by atoms with Gasteiger partial charge in [-0.05, 0) is 30.7 Å². The van der Waals surface area contributed by atoms with Gasteiger partial charge < -0.3 is 5.11 Å². The molecular formula is C19H30O2S. The molecule has 0 spiro atoms. The van der Waals surface area contributed by atoms with Crippen molar-refractivity contribution in [2.24, 2.45) is 0 Å². The normalized spacial score (nSPS) is 10.7. The van der Waals surface area contributed by atoms with E-state index >= 15 is 0 Å². The average molecular weight is 323 g/mol. The molecule has 0 unspecified atom stereocenters. The Labute approximate surface area is 139 Å². The lowest BCUT2D eigenvalue weighted by atomic mass is 10.1. The fraction of sp³-hybridized carbons (Fsp3) is 0.632. The topological polar surface area (TPSA) is 37.3 Å². The summed E-state index contributed by atoms with van der Waals surface area (Å²) in [5.74, 6) is 0.568. The molecule has 1 N–H and O–H groups in total. The Balaban J connectivity index is 1.76. The van der Waals surface area contributed by atoms with E-state index in [0.717, 1.165) is 12.8 Å². The van der Waals surface area contributed by atoms with E-state index in [-0.39, 0.29) is 0 Å². The Hall–Kier alpha value is -0.960. The minimum atomic E-state index is -0.662. The number of benzene rings is 1. The number of aliphatic carboxylic acids is 1. The summed E-state index contributed by atoms with van der Waals surface area (Å²) in [5, 5.41) is 8.54. The molecule has 0 heterocycles. The van der Waals surface area contributed by atoms with Crippen molar-refractivity contribution in [3.05, 3.63) is 30.3 Å². The molecule has 0 fully saturated rings. The molecule has 0 radical (unpaired) electrons. The molecule has 0 aliphatic heterocycles. The van der Waals surface area contributed by atoms with Crippen LogP contribution in [-0.4, -0.2) is 16.8 Å². The molecule has 3 heteroatoms. The zero-order valence-corrected chi connectivity index (χ0v) is 14.5. The first-order chi connectivity index (χ1) is 10.8. The van der Waals surface area contributed by atoms with E-state index in [1.165, 1.54) is 62.0 Å². The van der Waals surface area contributed by atoms with E-state index in [1.54, 1.807) is 0 Å². The third-order valence-corrected chi connectivity index (χ3v) is 4.90. The van der Waals surface area contributed by atoms with E-state index in [1.807, 2.05) is 11.8 Å². The van der Waals surface area contributed by atoms with Crippen LogP contribution < -0.4 is 0 Å². The van der Waals surface area contributed by atoms with E-state index in [2.05, 4.69) is 30.3 Å². The number of thioether (sulfide) groups is 1. The minimum absolute atomic E-state index is 0.334. The number of carboxylic acid groups (broad SMARTS) is 1. The van der Waals surface area contributed by atoms with Crippen LogP contribution in [0.5, 0.6) is 0 Å². The summed E-state index contributed by atoms with van der Waals surface area (Å²) < 4.78 is 0. The highest BCUT2D eigenvalue weighted by atomic mass is 32.2. The molecule has 124 valence electrons. The quantitative estimate of drug-likeness (QED) is 0.329. The Morgan fingerprint density at radius 2 is 1.27 bits per heavy atom. The number of hydrogen-bond donors (Lipinski definition) is 1. The van der Waals surface area contributed by atoms with Gasteiger partial charge in [0.1, 0.15) is 0 Å². The molecule has 1 rings (SSSR count). The van der Waals surface area contributed by atoms with E-state index < -0.39 is 5.97 Å². The first-order valence-electron chi connectivity index (χ1n) is 8.68. The highest BCUT2D eigenvalue weighted by Crippen LogP contribution is 2.19. The molecule has 0 atom stereocenters. The Bertz CT molecular complexity index is 378. The molecule has 22 heavy (non-hydrogen) atoms. The van der Waals surface area contributed by atoms with Crippen molar-refractivity contribution >= 4 is 17.7 Å². The van der Waals surface area contributed by atoms with Crippen molar-refractivity contribution in [3.8, 4) is 0 Å². The molecular weight excluding hydrogens is 292 g/mol. The molecule has 0 aliphatic rings. The number of carbonyl (C=O) groups is 1. The predicted molar refractivity (Wildman–Crippen MR) is 95.6 cm³/mol. The van der Waals surface area contributed by atoms with Crippen LogP contribution in [0.2, 0.25) is 0 Å². The molecule has 1 aromatic rings. The maximum atomic E-state index is 10.4. The molecule has 1 aromatic carbocycles. The summed E-state index contributed by atoms with van der Waals surface area (Å²) >= 11 is 1.96. The van der Waals surface area contributed by atoms with Gasteiger partial charge in [0.05, 0.1) is 0 Å². The minimum Gasteiger partial charge on any atom is -0.481 e. The second-order valence-electron chi connectivity index (χ2n) is 5.84. The maximum Gasteiger partial charge on any atom is 0.303 e. The van der Waals surface area contributed by atoms with Gasteiger partial charge in [-0.3, -0.25) is 4.79 Å². The maximum absolute atomic E-state index is 10.4. The van der Waals surface area contributed by atoms with Crippen molar-refractivity contribution in [2.45, 2.75) is 75.5 Å². The monoisotopic (exact) mass is 322 g/mol. The van der Waals surface area contributed by atoms with Crippen molar-refractivity contribution in [2.75, 3.05) is 5.75 Å². The second kappa shape index (κ2) is 13.7. The van der Waals surface area contributed by atoms with Crippen molar-refractivity contribution < 1.29 is 9.90 Å². The third kappa shape index (κ3) is 11.7. The van der Waals surface area contributed by atoms with Crippen LogP contribution in [0, 0.1) is 0 Å². The van der Waals surface area contributed by atoms with E-state index in [9.17, 15) is 4.79 Å². The van der Waals surface area contributed by atoms with E-state index in [0.29, 0.717) is 6.42 Å². The summed E-state index contributed by atoms with van der Waals surface area (Å²) in [6, 6.07) is 10.6. The Kier molecular flexibility index (Phi) is 11.9. The summed E-state index contributed by atoms with van der Waals surface area (Å²) in [7, 11) is 0.